The molecule has 0 spiro atoms. The third kappa shape index (κ3) is 3.26. The Balaban J connectivity index is 2.01. The van der Waals surface area contributed by atoms with Crippen LogP contribution >= 0.6 is 0 Å². The molecule has 0 aliphatic carbocycles. The zero-order valence-corrected chi connectivity index (χ0v) is 11.9. The minimum atomic E-state index is -3.07. The predicted molar refractivity (Wildman–Crippen MR) is 75.0 cm³/mol. The van der Waals surface area contributed by atoms with Crippen molar-refractivity contribution < 1.29 is 13.2 Å². The van der Waals surface area contributed by atoms with E-state index in [-0.39, 0.29) is 12.6 Å². The van der Waals surface area contributed by atoms with Crippen LogP contribution in [0.1, 0.15) is 12.0 Å². The summed E-state index contributed by atoms with van der Waals surface area (Å²) in [5, 5.41) is 2.38. The third-order valence-corrected chi connectivity index (χ3v) is 5.02. The summed E-state index contributed by atoms with van der Waals surface area (Å²) in [5.41, 5.74) is 1.74. The second-order valence-electron chi connectivity index (χ2n) is 4.93. The lowest BCUT2D eigenvalue weighted by molar-refractivity contribution is 0.222. The largest absolute Gasteiger partial charge is 0.323 e. The van der Waals surface area contributed by atoms with Crippen molar-refractivity contribution >= 4 is 21.6 Å². The van der Waals surface area contributed by atoms with E-state index in [0.29, 0.717) is 13.0 Å². The molecule has 1 aliphatic rings. The number of sulfone groups is 1. The molecule has 1 atom stereocenters. The Labute approximate surface area is 113 Å². The summed E-state index contributed by atoms with van der Waals surface area (Å²) in [4.78, 5) is 13.6. The van der Waals surface area contributed by atoms with Gasteiger partial charge in [0.2, 0.25) is 0 Å². The van der Waals surface area contributed by atoms with Gasteiger partial charge in [-0.05, 0) is 25.0 Å². The minimum Gasteiger partial charge on any atom is -0.323 e. The van der Waals surface area contributed by atoms with Gasteiger partial charge in [0.1, 0.15) is 0 Å². The number of nitrogens with zero attached hydrogens (tertiary/aromatic N) is 1. The van der Waals surface area contributed by atoms with E-state index in [2.05, 4.69) is 5.32 Å². The summed E-state index contributed by atoms with van der Waals surface area (Å²) >= 11 is 0. The molecule has 0 bridgehead atoms. The first-order valence-electron chi connectivity index (χ1n) is 6.18. The molecule has 0 aromatic heterocycles. The molecule has 1 aromatic carbocycles. The van der Waals surface area contributed by atoms with Crippen LogP contribution in [0.5, 0.6) is 0 Å². The van der Waals surface area contributed by atoms with Crippen LogP contribution < -0.4 is 5.32 Å². The fourth-order valence-corrected chi connectivity index (χ4v) is 3.15. The molecule has 1 unspecified atom stereocenters. The van der Waals surface area contributed by atoms with Crippen LogP contribution in [0.2, 0.25) is 0 Å². The summed E-state index contributed by atoms with van der Waals surface area (Å²) < 4.78 is 22.9. The van der Waals surface area contributed by atoms with Crippen molar-refractivity contribution in [3.8, 4) is 0 Å². The van der Waals surface area contributed by atoms with E-state index in [1.165, 1.54) is 6.26 Å². The van der Waals surface area contributed by atoms with Crippen molar-refractivity contribution in [2.24, 2.45) is 0 Å². The van der Waals surface area contributed by atoms with E-state index < -0.39 is 15.1 Å². The Bertz CT molecular complexity index is 583. The summed E-state index contributed by atoms with van der Waals surface area (Å²) in [5.74, 6) is 0. The van der Waals surface area contributed by atoms with E-state index >= 15 is 0 Å². The van der Waals surface area contributed by atoms with Gasteiger partial charge in [0, 0.05) is 25.0 Å². The monoisotopic (exact) mass is 282 g/mol. The zero-order valence-electron chi connectivity index (χ0n) is 11.1. The van der Waals surface area contributed by atoms with Gasteiger partial charge < -0.3 is 10.2 Å². The number of aryl methyl sites for hydroxylation is 1. The molecule has 0 radical (unpaired) electrons. The Hall–Kier alpha value is -1.56. The predicted octanol–water partition coefficient (Wildman–Crippen LogP) is 1.65. The highest BCUT2D eigenvalue weighted by Gasteiger charge is 2.32. The Morgan fingerprint density at radius 1 is 1.37 bits per heavy atom. The highest BCUT2D eigenvalue weighted by Crippen LogP contribution is 2.19. The van der Waals surface area contributed by atoms with Crippen LogP contribution in [-0.2, 0) is 9.84 Å². The topological polar surface area (TPSA) is 66.5 Å². The number of hydrogen-bond acceptors (Lipinski definition) is 3. The number of benzene rings is 1. The van der Waals surface area contributed by atoms with Crippen molar-refractivity contribution in [3.63, 3.8) is 0 Å². The highest BCUT2D eigenvalue weighted by atomic mass is 32.2. The number of amides is 2. The number of nitrogens with one attached hydrogen (secondary N) is 1. The van der Waals surface area contributed by atoms with E-state index in [9.17, 15) is 13.2 Å². The maximum Gasteiger partial charge on any atom is 0.321 e. The van der Waals surface area contributed by atoms with Gasteiger partial charge in [0.25, 0.3) is 0 Å². The average Bonchev–Trinajstić information content (AvgIpc) is 2.81. The number of carbonyl (C=O) groups excluding carboxylic acids is 1. The number of urea groups is 1. The van der Waals surface area contributed by atoms with Gasteiger partial charge in [-0.3, -0.25) is 0 Å². The summed E-state index contributed by atoms with van der Waals surface area (Å²) in [6.45, 7) is 2.67. The molecule has 2 rings (SSSR count). The third-order valence-electron chi connectivity index (χ3n) is 3.42. The number of rotatable bonds is 2. The maximum absolute atomic E-state index is 12.1. The lowest BCUT2D eigenvalue weighted by Gasteiger charge is -2.18. The molecule has 1 heterocycles. The van der Waals surface area contributed by atoms with Crippen molar-refractivity contribution in [2.45, 2.75) is 18.6 Å². The van der Waals surface area contributed by atoms with Crippen LogP contribution in [0.4, 0.5) is 10.5 Å². The first-order chi connectivity index (χ1) is 8.88. The standard InChI is InChI=1S/C13H18N2O3S/c1-10-5-3-4-6-12(10)14-13(16)15-8-7-11(9-15)19(2,17)18/h3-6,11H,7-9H2,1-2H3,(H,14,16). The number of likely N-dealkylation sites (tertiary alicyclic amines) is 1. The molecule has 0 saturated carbocycles. The van der Waals surface area contributed by atoms with Crippen LogP contribution in [0.25, 0.3) is 0 Å². The van der Waals surface area contributed by atoms with Crippen LogP contribution in [-0.4, -0.2) is 43.9 Å². The highest BCUT2D eigenvalue weighted by molar-refractivity contribution is 7.91. The Kier molecular flexibility index (Phi) is 3.80. The molecule has 1 aliphatic heterocycles. The quantitative estimate of drug-likeness (QED) is 0.897. The van der Waals surface area contributed by atoms with Gasteiger partial charge in [-0.15, -0.1) is 0 Å². The van der Waals surface area contributed by atoms with Gasteiger partial charge in [-0.2, -0.15) is 0 Å². The molecular weight excluding hydrogens is 264 g/mol. The molecule has 1 fully saturated rings. The fourth-order valence-electron chi connectivity index (χ4n) is 2.17. The molecule has 19 heavy (non-hydrogen) atoms. The maximum atomic E-state index is 12.1. The molecule has 104 valence electrons. The molecule has 5 nitrogen and oxygen atoms in total. The summed E-state index contributed by atoms with van der Waals surface area (Å²) in [6.07, 6.45) is 1.74. The minimum absolute atomic E-state index is 0.236. The first kappa shape index (κ1) is 13.9. The second-order valence-corrected chi connectivity index (χ2v) is 7.26. The SMILES string of the molecule is Cc1ccccc1NC(=O)N1CCC(S(C)(=O)=O)C1. The van der Waals surface area contributed by atoms with Gasteiger partial charge in [-0.25, -0.2) is 13.2 Å². The Morgan fingerprint density at radius 2 is 2.05 bits per heavy atom. The van der Waals surface area contributed by atoms with E-state index in [1.54, 1.807) is 4.90 Å². The van der Waals surface area contributed by atoms with Gasteiger partial charge >= 0.3 is 6.03 Å². The molecule has 6 heteroatoms. The molecular formula is C13H18N2O3S. The van der Waals surface area contributed by atoms with Crippen molar-refractivity contribution in [1.29, 1.82) is 0 Å². The van der Waals surface area contributed by atoms with E-state index in [4.69, 9.17) is 0 Å². The summed E-state index contributed by atoms with van der Waals surface area (Å²) in [6, 6.07) is 7.27. The van der Waals surface area contributed by atoms with E-state index in [0.717, 1.165) is 11.3 Å². The molecule has 1 N–H and O–H groups in total. The average molecular weight is 282 g/mol. The zero-order chi connectivity index (χ0) is 14.0. The Morgan fingerprint density at radius 3 is 2.63 bits per heavy atom. The van der Waals surface area contributed by atoms with Crippen molar-refractivity contribution in [3.05, 3.63) is 29.8 Å². The van der Waals surface area contributed by atoms with Gasteiger partial charge in [-0.1, -0.05) is 18.2 Å². The van der Waals surface area contributed by atoms with E-state index in [1.807, 2.05) is 31.2 Å². The molecule has 2 amide bonds. The van der Waals surface area contributed by atoms with Crippen LogP contribution in [0, 0.1) is 6.92 Å². The molecule has 1 saturated heterocycles. The number of hydrogen-bond donors (Lipinski definition) is 1. The van der Waals surface area contributed by atoms with Gasteiger partial charge in [0.05, 0.1) is 5.25 Å². The normalized spacial score (nSPS) is 19.5. The number of para-hydroxylation sites is 1. The van der Waals surface area contributed by atoms with Crippen molar-refractivity contribution in [2.75, 3.05) is 24.7 Å². The number of anilines is 1. The first-order valence-corrected chi connectivity index (χ1v) is 8.14. The second kappa shape index (κ2) is 5.21. The number of carbonyl (C=O) groups is 1. The summed E-state index contributed by atoms with van der Waals surface area (Å²) in [7, 11) is -3.07. The van der Waals surface area contributed by atoms with Crippen molar-refractivity contribution in [1.82, 2.24) is 4.90 Å². The van der Waals surface area contributed by atoms with Crippen LogP contribution in [0.3, 0.4) is 0 Å². The lowest BCUT2D eigenvalue weighted by Crippen LogP contribution is -2.35. The van der Waals surface area contributed by atoms with Crippen LogP contribution in [0.15, 0.2) is 24.3 Å². The smallest absolute Gasteiger partial charge is 0.321 e. The molecule has 1 aromatic rings. The van der Waals surface area contributed by atoms with Gasteiger partial charge in [0.15, 0.2) is 9.84 Å². The lowest BCUT2D eigenvalue weighted by atomic mass is 10.2. The fraction of sp³-hybridized carbons (Fsp3) is 0.462.